The first-order chi connectivity index (χ1) is 15.3. The number of carbonyl (C=O) groups is 3. The van der Waals surface area contributed by atoms with Crippen molar-refractivity contribution in [2.75, 3.05) is 6.54 Å². The third kappa shape index (κ3) is 8.06. The molecule has 2 rings (SSSR count). The van der Waals surface area contributed by atoms with Crippen molar-refractivity contribution >= 4 is 23.7 Å². The van der Waals surface area contributed by atoms with E-state index < -0.39 is 35.9 Å². The second kappa shape index (κ2) is 12.0. The van der Waals surface area contributed by atoms with E-state index in [-0.39, 0.29) is 31.8 Å². The molecule has 0 spiro atoms. The van der Waals surface area contributed by atoms with Gasteiger partial charge >= 0.3 is 5.97 Å². The number of carboxylic acids is 1. The van der Waals surface area contributed by atoms with Crippen LogP contribution in [0.15, 0.2) is 30.0 Å². The maximum absolute atomic E-state index is 12.8. The zero-order valence-electron chi connectivity index (χ0n) is 17.3. The van der Waals surface area contributed by atoms with Gasteiger partial charge in [0.2, 0.25) is 11.8 Å². The Bertz CT molecular complexity index is 893. The maximum atomic E-state index is 12.8. The van der Waals surface area contributed by atoms with Crippen molar-refractivity contribution < 1.29 is 19.5 Å². The van der Waals surface area contributed by atoms with E-state index in [1.807, 2.05) is 0 Å². The molecule has 0 aromatic carbocycles. The number of aromatic amines is 2. The summed E-state index contributed by atoms with van der Waals surface area (Å²) in [5.41, 5.74) is 17.7. The van der Waals surface area contributed by atoms with Crippen molar-refractivity contribution in [3.05, 3.63) is 36.4 Å². The SMILES string of the molecule is NC(N)=NCCCC(NC(=O)C(N)Cc1cnc[nH]1)C(=O)NC(Cc1cnc[nH]1)C(=O)O. The highest BCUT2D eigenvalue weighted by molar-refractivity contribution is 5.91. The van der Waals surface area contributed by atoms with E-state index >= 15 is 0 Å². The highest BCUT2D eigenvalue weighted by Gasteiger charge is 2.28. The maximum Gasteiger partial charge on any atom is 0.326 e. The van der Waals surface area contributed by atoms with Crippen molar-refractivity contribution in [2.24, 2.45) is 22.2 Å². The molecule has 3 unspecified atom stereocenters. The first kappa shape index (κ1) is 24.3. The fourth-order valence-corrected chi connectivity index (χ4v) is 2.87. The van der Waals surface area contributed by atoms with Gasteiger partial charge in [0.25, 0.3) is 0 Å². The normalized spacial score (nSPS) is 13.5. The molecule has 0 saturated carbocycles. The summed E-state index contributed by atoms with van der Waals surface area (Å²) in [5, 5.41) is 14.5. The van der Waals surface area contributed by atoms with Crippen LogP contribution in [-0.4, -0.2) is 73.5 Å². The Morgan fingerprint density at radius 3 is 2.12 bits per heavy atom. The third-order valence-electron chi connectivity index (χ3n) is 4.50. The monoisotopic (exact) mass is 448 g/mol. The fraction of sp³-hybridized carbons (Fsp3) is 0.444. The van der Waals surface area contributed by atoms with Crippen molar-refractivity contribution in [1.29, 1.82) is 0 Å². The number of nitrogens with two attached hydrogens (primary N) is 3. The zero-order valence-corrected chi connectivity index (χ0v) is 17.3. The van der Waals surface area contributed by atoms with Crippen LogP contribution in [0.5, 0.6) is 0 Å². The molecule has 14 heteroatoms. The Labute approximate surface area is 183 Å². The van der Waals surface area contributed by atoms with E-state index in [9.17, 15) is 19.5 Å². The van der Waals surface area contributed by atoms with Gasteiger partial charge in [-0.2, -0.15) is 0 Å². The summed E-state index contributed by atoms with van der Waals surface area (Å²) in [6.45, 7) is 0.235. The van der Waals surface area contributed by atoms with E-state index in [1.165, 1.54) is 18.9 Å². The number of rotatable bonds is 13. The zero-order chi connectivity index (χ0) is 23.5. The molecular formula is C18H28N10O4. The summed E-state index contributed by atoms with van der Waals surface area (Å²) in [5.74, 6) is -2.55. The van der Waals surface area contributed by atoms with Crippen LogP contribution in [-0.2, 0) is 27.2 Å². The highest BCUT2D eigenvalue weighted by Crippen LogP contribution is 2.05. The van der Waals surface area contributed by atoms with E-state index in [4.69, 9.17) is 17.2 Å². The van der Waals surface area contributed by atoms with E-state index in [2.05, 4.69) is 35.6 Å². The van der Waals surface area contributed by atoms with Crippen LogP contribution in [0.4, 0.5) is 0 Å². The minimum Gasteiger partial charge on any atom is -0.480 e. The number of nitrogens with one attached hydrogen (secondary N) is 4. The largest absolute Gasteiger partial charge is 0.480 e. The predicted octanol–water partition coefficient (Wildman–Crippen LogP) is -2.65. The molecule has 0 aliphatic rings. The molecule has 0 bridgehead atoms. The average Bonchev–Trinajstić information content (AvgIpc) is 3.43. The van der Waals surface area contributed by atoms with Gasteiger partial charge in [-0.05, 0) is 12.8 Å². The number of aliphatic carboxylic acids is 1. The van der Waals surface area contributed by atoms with Gasteiger partial charge < -0.3 is 42.9 Å². The van der Waals surface area contributed by atoms with Gasteiger partial charge in [0.05, 0.1) is 18.7 Å². The van der Waals surface area contributed by atoms with Crippen LogP contribution < -0.4 is 27.8 Å². The molecule has 0 saturated heterocycles. The Morgan fingerprint density at radius 2 is 1.59 bits per heavy atom. The predicted molar refractivity (Wildman–Crippen MR) is 114 cm³/mol. The minimum absolute atomic E-state index is 0.00488. The van der Waals surface area contributed by atoms with Gasteiger partial charge in [-0.1, -0.05) is 0 Å². The first-order valence-electron chi connectivity index (χ1n) is 9.85. The lowest BCUT2D eigenvalue weighted by Gasteiger charge is -2.22. The van der Waals surface area contributed by atoms with Crippen LogP contribution in [0, 0.1) is 0 Å². The van der Waals surface area contributed by atoms with Gasteiger partial charge in [0, 0.05) is 43.2 Å². The van der Waals surface area contributed by atoms with Gasteiger partial charge in [-0.25, -0.2) is 14.8 Å². The number of hydrogen-bond donors (Lipinski definition) is 8. The second-order valence-electron chi connectivity index (χ2n) is 7.08. The number of nitrogens with zero attached hydrogens (tertiary/aromatic N) is 3. The Hall–Kier alpha value is -3.94. The summed E-state index contributed by atoms with van der Waals surface area (Å²) >= 11 is 0. The summed E-state index contributed by atoms with van der Waals surface area (Å²) < 4.78 is 0. The summed E-state index contributed by atoms with van der Waals surface area (Å²) in [7, 11) is 0. The molecule has 174 valence electrons. The van der Waals surface area contributed by atoms with Gasteiger partial charge in [-0.15, -0.1) is 0 Å². The molecule has 0 fully saturated rings. The smallest absolute Gasteiger partial charge is 0.326 e. The number of amides is 2. The van der Waals surface area contributed by atoms with Crippen LogP contribution in [0.2, 0.25) is 0 Å². The molecule has 2 aromatic heterocycles. The topological polar surface area (TPSA) is 243 Å². The summed E-state index contributed by atoms with van der Waals surface area (Å²) in [6, 6.07) is -3.20. The third-order valence-corrected chi connectivity index (χ3v) is 4.50. The molecule has 0 aliphatic carbocycles. The van der Waals surface area contributed by atoms with Gasteiger partial charge in [-0.3, -0.25) is 14.6 Å². The fourth-order valence-electron chi connectivity index (χ4n) is 2.87. The Morgan fingerprint density at radius 1 is 1.00 bits per heavy atom. The Balaban J connectivity index is 2.03. The molecule has 0 aliphatic heterocycles. The molecule has 2 amide bonds. The average molecular weight is 448 g/mol. The van der Waals surface area contributed by atoms with Gasteiger partial charge in [0.15, 0.2) is 5.96 Å². The van der Waals surface area contributed by atoms with Crippen molar-refractivity contribution in [3.63, 3.8) is 0 Å². The lowest BCUT2D eigenvalue weighted by Crippen LogP contribution is -2.55. The number of carboxylic acid groups (broad SMARTS) is 1. The molecule has 2 aromatic rings. The molecule has 0 radical (unpaired) electrons. The number of H-pyrrole nitrogens is 2. The number of carbonyl (C=O) groups excluding carboxylic acids is 2. The van der Waals surface area contributed by atoms with Crippen molar-refractivity contribution in [2.45, 2.75) is 43.8 Å². The van der Waals surface area contributed by atoms with E-state index in [0.29, 0.717) is 17.8 Å². The van der Waals surface area contributed by atoms with Gasteiger partial charge in [0.1, 0.15) is 12.1 Å². The number of aromatic nitrogens is 4. The quantitative estimate of drug-likeness (QED) is 0.0904. The first-order valence-corrected chi connectivity index (χ1v) is 9.85. The lowest BCUT2D eigenvalue weighted by atomic mass is 10.1. The number of aliphatic imine (C=N–C) groups is 1. The van der Waals surface area contributed by atoms with Crippen LogP contribution in [0.3, 0.4) is 0 Å². The Kier molecular flexibility index (Phi) is 9.16. The standard InChI is InChI=1S/C18H28N10O4/c19-12(4-10-6-22-8-25-10)15(29)27-13(2-1-3-24-18(20)21)16(30)28-14(17(31)32)5-11-7-23-9-26-11/h6-9,12-14H,1-5,19H2,(H,22,25)(H,23,26)(H,27,29)(H,28,30)(H,31,32)(H4,20,21,24). The molecule has 2 heterocycles. The van der Waals surface area contributed by atoms with E-state index in [0.717, 1.165) is 0 Å². The van der Waals surface area contributed by atoms with E-state index in [1.54, 1.807) is 6.20 Å². The minimum atomic E-state index is -1.23. The lowest BCUT2D eigenvalue weighted by molar-refractivity contribution is -0.142. The number of imidazole rings is 2. The van der Waals surface area contributed by atoms with Crippen molar-refractivity contribution in [3.8, 4) is 0 Å². The summed E-state index contributed by atoms with van der Waals surface area (Å²) in [6.07, 6.45) is 6.59. The van der Waals surface area contributed by atoms with Crippen molar-refractivity contribution in [1.82, 2.24) is 30.6 Å². The number of hydrogen-bond acceptors (Lipinski definition) is 7. The molecule has 32 heavy (non-hydrogen) atoms. The molecular weight excluding hydrogens is 420 g/mol. The second-order valence-corrected chi connectivity index (χ2v) is 7.08. The van der Waals surface area contributed by atoms with Crippen LogP contribution in [0.25, 0.3) is 0 Å². The molecule has 11 N–H and O–H groups in total. The van der Waals surface area contributed by atoms with Crippen LogP contribution >= 0.6 is 0 Å². The molecule has 14 nitrogen and oxygen atoms in total. The molecule has 3 atom stereocenters. The van der Waals surface area contributed by atoms with Crippen LogP contribution in [0.1, 0.15) is 24.2 Å². The number of guanidine groups is 1. The summed E-state index contributed by atoms with van der Waals surface area (Å²) in [4.78, 5) is 54.2. The highest BCUT2D eigenvalue weighted by atomic mass is 16.4.